The van der Waals surface area contributed by atoms with Crippen molar-refractivity contribution in [2.75, 3.05) is 19.1 Å². The SMILES string of the molecule is COc1cc(-c2ccc3c(n2)C2(CCCC2)N(c2cnn(CC(F)(F)F)c2)C3=O)cnc1OC. The summed E-state index contributed by atoms with van der Waals surface area (Å²) in [5.41, 5.74) is 1.99. The molecule has 1 amide bonds. The van der Waals surface area contributed by atoms with Gasteiger partial charge in [-0.1, -0.05) is 12.8 Å². The van der Waals surface area contributed by atoms with Crippen LogP contribution in [0.15, 0.2) is 36.8 Å². The maximum Gasteiger partial charge on any atom is 0.408 e. The monoisotopic (exact) mass is 473 g/mol. The van der Waals surface area contributed by atoms with Gasteiger partial charge < -0.3 is 9.47 Å². The molecular formula is C23H22F3N5O3. The quantitative estimate of drug-likeness (QED) is 0.548. The molecule has 1 fully saturated rings. The first-order valence-electron chi connectivity index (χ1n) is 10.8. The molecule has 0 bridgehead atoms. The van der Waals surface area contributed by atoms with Crippen LogP contribution in [0.3, 0.4) is 0 Å². The lowest BCUT2D eigenvalue weighted by molar-refractivity contribution is -0.142. The van der Waals surface area contributed by atoms with E-state index in [0.29, 0.717) is 52.7 Å². The highest BCUT2D eigenvalue weighted by Crippen LogP contribution is 2.51. The average molecular weight is 473 g/mol. The van der Waals surface area contributed by atoms with E-state index < -0.39 is 18.3 Å². The summed E-state index contributed by atoms with van der Waals surface area (Å²) >= 11 is 0. The lowest BCUT2D eigenvalue weighted by Gasteiger charge is -2.34. The summed E-state index contributed by atoms with van der Waals surface area (Å²) in [6.07, 6.45) is 2.88. The van der Waals surface area contributed by atoms with Gasteiger partial charge >= 0.3 is 6.18 Å². The largest absolute Gasteiger partial charge is 0.491 e. The standard InChI is InChI=1S/C23H22F3N5O3/c1-33-18-9-14(10-27-20(18)34-2)17-6-5-16-19(29-17)22(7-3-4-8-22)31(21(16)32)15-11-28-30(12-15)13-23(24,25)26/h5-6,9-12H,3-4,7-8,13H2,1-2H3. The van der Waals surface area contributed by atoms with E-state index in [0.717, 1.165) is 17.5 Å². The molecule has 4 heterocycles. The van der Waals surface area contributed by atoms with Gasteiger partial charge in [0, 0.05) is 18.0 Å². The number of nitrogens with zero attached hydrogens (tertiary/aromatic N) is 5. The highest BCUT2D eigenvalue weighted by molar-refractivity contribution is 6.11. The second kappa shape index (κ2) is 8.00. The Morgan fingerprint density at radius 1 is 1.12 bits per heavy atom. The predicted molar refractivity (Wildman–Crippen MR) is 116 cm³/mol. The Morgan fingerprint density at radius 3 is 2.56 bits per heavy atom. The lowest BCUT2D eigenvalue weighted by atomic mass is 9.91. The van der Waals surface area contributed by atoms with Crippen molar-refractivity contribution in [1.82, 2.24) is 19.7 Å². The predicted octanol–water partition coefficient (Wildman–Crippen LogP) is 4.35. The zero-order valence-electron chi connectivity index (χ0n) is 18.6. The number of carbonyl (C=O) groups is 1. The average Bonchev–Trinajstić information content (AvgIpc) is 3.52. The van der Waals surface area contributed by atoms with Crippen molar-refractivity contribution in [1.29, 1.82) is 0 Å². The van der Waals surface area contributed by atoms with E-state index in [-0.39, 0.29) is 5.91 Å². The van der Waals surface area contributed by atoms with Crippen LogP contribution in [0.4, 0.5) is 18.9 Å². The topological polar surface area (TPSA) is 82.4 Å². The molecule has 1 saturated carbocycles. The van der Waals surface area contributed by atoms with Crippen molar-refractivity contribution < 1.29 is 27.4 Å². The number of amides is 1. The van der Waals surface area contributed by atoms with Crippen LogP contribution in [0.2, 0.25) is 0 Å². The molecule has 1 spiro atoms. The first kappa shape index (κ1) is 22.2. The summed E-state index contributed by atoms with van der Waals surface area (Å²) < 4.78 is 49.9. The number of pyridine rings is 2. The van der Waals surface area contributed by atoms with Crippen molar-refractivity contribution in [2.45, 2.75) is 43.9 Å². The summed E-state index contributed by atoms with van der Waals surface area (Å²) in [6.45, 7) is -1.22. The molecule has 1 aliphatic heterocycles. The van der Waals surface area contributed by atoms with Gasteiger partial charge in [-0.05, 0) is 31.0 Å². The van der Waals surface area contributed by atoms with Crippen LogP contribution in [0.1, 0.15) is 41.7 Å². The number of hydrogen-bond acceptors (Lipinski definition) is 6. The first-order valence-corrected chi connectivity index (χ1v) is 10.8. The maximum absolute atomic E-state index is 13.5. The van der Waals surface area contributed by atoms with E-state index in [1.54, 1.807) is 29.3 Å². The summed E-state index contributed by atoms with van der Waals surface area (Å²) in [4.78, 5) is 24.2. The molecule has 2 aliphatic rings. The molecule has 3 aromatic heterocycles. The van der Waals surface area contributed by atoms with Crippen LogP contribution < -0.4 is 14.4 Å². The molecule has 0 unspecified atom stereocenters. The fraction of sp³-hybridized carbons (Fsp3) is 0.391. The van der Waals surface area contributed by atoms with Gasteiger partial charge in [-0.3, -0.25) is 14.4 Å². The third-order valence-corrected chi connectivity index (χ3v) is 6.37. The fourth-order valence-electron chi connectivity index (χ4n) is 4.96. The Labute approximate surface area is 193 Å². The van der Waals surface area contributed by atoms with E-state index in [2.05, 4.69) is 10.1 Å². The molecule has 11 heteroatoms. The molecular weight excluding hydrogens is 451 g/mol. The first-order chi connectivity index (χ1) is 16.3. The number of fused-ring (bicyclic) bond motifs is 2. The Balaban J connectivity index is 1.57. The third kappa shape index (κ3) is 3.55. The summed E-state index contributed by atoms with van der Waals surface area (Å²) in [6, 6.07) is 5.22. The van der Waals surface area contributed by atoms with Crippen LogP contribution in [-0.2, 0) is 12.1 Å². The molecule has 0 saturated heterocycles. The van der Waals surface area contributed by atoms with Gasteiger partial charge in [0.2, 0.25) is 0 Å². The summed E-state index contributed by atoms with van der Waals surface area (Å²) in [5, 5.41) is 3.85. The van der Waals surface area contributed by atoms with Gasteiger partial charge in [0.1, 0.15) is 6.54 Å². The highest BCUT2D eigenvalue weighted by Gasteiger charge is 2.53. The number of anilines is 1. The molecule has 1 aliphatic carbocycles. The number of halogens is 3. The van der Waals surface area contributed by atoms with Crippen molar-refractivity contribution in [2.24, 2.45) is 0 Å². The van der Waals surface area contributed by atoms with Crippen molar-refractivity contribution in [3.8, 4) is 22.9 Å². The van der Waals surface area contributed by atoms with Crippen LogP contribution in [0, 0.1) is 0 Å². The third-order valence-electron chi connectivity index (χ3n) is 6.37. The smallest absolute Gasteiger partial charge is 0.408 e. The minimum absolute atomic E-state index is 0.284. The number of alkyl halides is 3. The van der Waals surface area contributed by atoms with E-state index >= 15 is 0 Å². The number of carbonyl (C=O) groups excluding carboxylic acids is 1. The number of hydrogen-bond donors (Lipinski definition) is 0. The Morgan fingerprint density at radius 2 is 1.88 bits per heavy atom. The van der Waals surface area contributed by atoms with E-state index in [1.807, 2.05) is 0 Å². The second-order valence-electron chi connectivity index (χ2n) is 8.42. The maximum atomic E-state index is 13.5. The van der Waals surface area contributed by atoms with Gasteiger partial charge in [-0.15, -0.1) is 0 Å². The summed E-state index contributed by atoms with van der Waals surface area (Å²) in [7, 11) is 3.02. The van der Waals surface area contributed by atoms with Crippen molar-refractivity contribution in [3.63, 3.8) is 0 Å². The Hall–Kier alpha value is -3.63. The molecule has 0 radical (unpaired) electrons. The minimum atomic E-state index is -4.41. The van der Waals surface area contributed by atoms with Gasteiger partial charge in [0.15, 0.2) is 5.75 Å². The second-order valence-corrected chi connectivity index (χ2v) is 8.42. The van der Waals surface area contributed by atoms with E-state index in [9.17, 15) is 18.0 Å². The van der Waals surface area contributed by atoms with E-state index in [4.69, 9.17) is 14.5 Å². The van der Waals surface area contributed by atoms with Crippen molar-refractivity contribution in [3.05, 3.63) is 48.0 Å². The molecule has 34 heavy (non-hydrogen) atoms. The zero-order valence-corrected chi connectivity index (χ0v) is 18.6. The molecule has 3 aromatic rings. The number of aromatic nitrogens is 4. The van der Waals surface area contributed by atoms with E-state index in [1.165, 1.54) is 26.6 Å². The summed E-state index contributed by atoms with van der Waals surface area (Å²) in [5.74, 6) is 0.512. The van der Waals surface area contributed by atoms with Gasteiger partial charge in [-0.25, -0.2) is 9.97 Å². The molecule has 0 atom stereocenters. The van der Waals surface area contributed by atoms with Crippen LogP contribution >= 0.6 is 0 Å². The fourth-order valence-corrected chi connectivity index (χ4v) is 4.96. The Kier molecular flexibility index (Phi) is 5.22. The molecule has 178 valence electrons. The van der Waals surface area contributed by atoms with Gasteiger partial charge in [-0.2, -0.15) is 18.3 Å². The number of ether oxygens (including phenoxy) is 2. The molecule has 0 N–H and O–H groups in total. The van der Waals surface area contributed by atoms with Crippen molar-refractivity contribution >= 4 is 11.6 Å². The van der Waals surface area contributed by atoms with Gasteiger partial charge in [0.05, 0.1) is 48.6 Å². The minimum Gasteiger partial charge on any atom is -0.491 e. The number of rotatable bonds is 5. The molecule has 5 rings (SSSR count). The highest BCUT2D eigenvalue weighted by atomic mass is 19.4. The number of methoxy groups -OCH3 is 2. The molecule has 8 nitrogen and oxygen atoms in total. The van der Waals surface area contributed by atoms with Crippen LogP contribution in [0.5, 0.6) is 11.6 Å². The lowest BCUT2D eigenvalue weighted by Crippen LogP contribution is -2.42. The van der Waals surface area contributed by atoms with Crippen LogP contribution in [-0.4, -0.2) is 46.1 Å². The Bertz CT molecular complexity index is 1250. The molecule has 0 aromatic carbocycles. The normalized spacial score (nSPS) is 16.9. The zero-order chi connectivity index (χ0) is 24.1. The van der Waals surface area contributed by atoms with Gasteiger partial charge in [0.25, 0.3) is 11.8 Å². The van der Waals surface area contributed by atoms with Crippen LogP contribution in [0.25, 0.3) is 11.3 Å².